The fourth-order valence-corrected chi connectivity index (χ4v) is 2.11. The topological polar surface area (TPSA) is 64.4 Å². The molecule has 2 rings (SSSR count). The smallest absolute Gasteiger partial charge is 0.257 e. The SMILES string of the molecule is CS(=O)(=O)n1cnc(ON2CCCCC2)c1. The molecule has 0 bridgehead atoms. The molecule has 1 saturated heterocycles. The van der Waals surface area contributed by atoms with Gasteiger partial charge in [0.15, 0.2) is 0 Å². The normalized spacial score (nSPS) is 18.6. The minimum Gasteiger partial charge on any atom is -0.384 e. The molecule has 0 atom stereocenters. The highest BCUT2D eigenvalue weighted by molar-refractivity contribution is 7.89. The van der Waals surface area contributed by atoms with Crippen LogP contribution in [0, 0.1) is 0 Å². The second-order valence-corrected chi connectivity index (χ2v) is 5.77. The van der Waals surface area contributed by atoms with Crippen LogP contribution in [0.15, 0.2) is 12.5 Å². The van der Waals surface area contributed by atoms with E-state index in [2.05, 4.69) is 4.98 Å². The monoisotopic (exact) mass is 245 g/mol. The first-order valence-electron chi connectivity index (χ1n) is 5.23. The van der Waals surface area contributed by atoms with Crippen LogP contribution in [-0.4, -0.2) is 41.8 Å². The fraction of sp³-hybridized carbons (Fsp3) is 0.667. The zero-order chi connectivity index (χ0) is 11.6. The van der Waals surface area contributed by atoms with E-state index in [0.717, 1.165) is 36.2 Å². The van der Waals surface area contributed by atoms with Gasteiger partial charge in [-0.15, -0.1) is 5.06 Å². The molecule has 1 aromatic heterocycles. The Bertz CT molecular complexity index is 448. The first-order valence-corrected chi connectivity index (χ1v) is 7.08. The van der Waals surface area contributed by atoms with Crippen LogP contribution in [0.25, 0.3) is 0 Å². The fourth-order valence-electron chi connectivity index (χ4n) is 1.61. The molecule has 1 aromatic rings. The van der Waals surface area contributed by atoms with E-state index in [0.29, 0.717) is 5.88 Å². The molecule has 7 heteroatoms. The largest absolute Gasteiger partial charge is 0.384 e. The average molecular weight is 245 g/mol. The molecule has 0 N–H and O–H groups in total. The quantitative estimate of drug-likeness (QED) is 0.774. The van der Waals surface area contributed by atoms with Gasteiger partial charge in [-0.2, -0.15) is 4.98 Å². The number of nitrogens with zero attached hydrogens (tertiary/aromatic N) is 3. The molecule has 16 heavy (non-hydrogen) atoms. The van der Waals surface area contributed by atoms with Gasteiger partial charge in [0.25, 0.3) is 5.88 Å². The summed E-state index contributed by atoms with van der Waals surface area (Å²) in [5, 5.41) is 1.82. The third-order valence-electron chi connectivity index (χ3n) is 2.46. The van der Waals surface area contributed by atoms with Gasteiger partial charge in [0.1, 0.15) is 6.33 Å². The summed E-state index contributed by atoms with van der Waals surface area (Å²) in [6, 6.07) is 0. The van der Waals surface area contributed by atoms with Gasteiger partial charge in [-0.25, -0.2) is 12.4 Å². The third-order valence-corrected chi connectivity index (χ3v) is 3.42. The maximum atomic E-state index is 11.2. The number of imidazole rings is 1. The van der Waals surface area contributed by atoms with Crippen LogP contribution in [0.5, 0.6) is 5.88 Å². The maximum Gasteiger partial charge on any atom is 0.257 e. The number of rotatable bonds is 3. The molecule has 1 aliphatic heterocycles. The molecule has 1 aliphatic rings. The Morgan fingerprint density at radius 1 is 1.31 bits per heavy atom. The van der Waals surface area contributed by atoms with Gasteiger partial charge in [-0.1, -0.05) is 6.42 Å². The second-order valence-electron chi connectivity index (χ2n) is 3.89. The van der Waals surface area contributed by atoms with Gasteiger partial charge in [-0.05, 0) is 12.8 Å². The highest BCUT2D eigenvalue weighted by atomic mass is 32.2. The van der Waals surface area contributed by atoms with Gasteiger partial charge in [0.2, 0.25) is 10.0 Å². The number of hydrogen-bond donors (Lipinski definition) is 0. The van der Waals surface area contributed by atoms with Crippen molar-refractivity contribution in [3.8, 4) is 5.88 Å². The lowest BCUT2D eigenvalue weighted by Gasteiger charge is -2.24. The summed E-state index contributed by atoms with van der Waals surface area (Å²) in [4.78, 5) is 9.36. The first-order chi connectivity index (χ1) is 7.55. The minimum atomic E-state index is -3.27. The molecule has 90 valence electrons. The van der Waals surface area contributed by atoms with E-state index in [1.165, 1.54) is 18.9 Å². The summed E-state index contributed by atoms with van der Waals surface area (Å²) in [7, 11) is -3.27. The second kappa shape index (κ2) is 4.42. The lowest BCUT2D eigenvalue weighted by atomic mass is 10.2. The van der Waals surface area contributed by atoms with Crippen molar-refractivity contribution in [1.29, 1.82) is 0 Å². The summed E-state index contributed by atoms with van der Waals surface area (Å²) in [6.45, 7) is 1.73. The van der Waals surface area contributed by atoms with Crippen LogP contribution in [-0.2, 0) is 10.0 Å². The van der Waals surface area contributed by atoms with Gasteiger partial charge >= 0.3 is 0 Å². The Kier molecular flexibility index (Phi) is 3.15. The van der Waals surface area contributed by atoms with Gasteiger partial charge in [0.05, 0.1) is 12.5 Å². The molecule has 0 unspecified atom stereocenters. The maximum absolute atomic E-state index is 11.2. The van der Waals surface area contributed by atoms with Gasteiger partial charge in [0, 0.05) is 13.1 Å². The van der Waals surface area contributed by atoms with E-state index in [1.54, 1.807) is 0 Å². The van der Waals surface area contributed by atoms with Crippen molar-refractivity contribution in [3.63, 3.8) is 0 Å². The number of hydrogen-bond acceptors (Lipinski definition) is 5. The predicted molar refractivity (Wildman–Crippen MR) is 58.5 cm³/mol. The first kappa shape index (κ1) is 11.4. The van der Waals surface area contributed by atoms with E-state index < -0.39 is 10.0 Å². The average Bonchev–Trinajstić information content (AvgIpc) is 2.67. The van der Waals surface area contributed by atoms with E-state index in [4.69, 9.17) is 4.84 Å². The van der Waals surface area contributed by atoms with Crippen LogP contribution >= 0.6 is 0 Å². The molecule has 1 fully saturated rings. The van der Waals surface area contributed by atoms with Crippen molar-refractivity contribution >= 4 is 10.0 Å². The standard InChI is InChI=1S/C9H15N3O3S/c1-16(13,14)12-7-9(10-8-12)15-11-5-3-2-4-6-11/h7-8H,2-6H2,1H3. The zero-order valence-corrected chi connectivity index (χ0v) is 9.98. The Morgan fingerprint density at radius 3 is 2.56 bits per heavy atom. The molecular formula is C9H15N3O3S. The highest BCUT2D eigenvalue weighted by Gasteiger charge is 2.14. The van der Waals surface area contributed by atoms with E-state index in [1.807, 2.05) is 5.06 Å². The highest BCUT2D eigenvalue weighted by Crippen LogP contribution is 2.14. The zero-order valence-electron chi connectivity index (χ0n) is 9.16. The van der Waals surface area contributed by atoms with E-state index >= 15 is 0 Å². The Labute approximate surface area is 94.8 Å². The van der Waals surface area contributed by atoms with Crippen molar-refractivity contribution in [2.75, 3.05) is 19.3 Å². The molecule has 0 spiro atoms. The number of hydroxylamine groups is 2. The Morgan fingerprint density at radius 2 is 2.00 bits per heavy atom. The summed E-state index contributed by atoms with van der Waals surface area (Å²) < 4.78 is 23.4. The number of aromatic nitrogens is 2. The van der Waals surface area contributed by atoms with Crippen LogP contribution in [0.1, 0.15) is 19.3 Å². The molecule has 0 saturated carbocycles. The van der Waals surface area contributed by atoms with Crippen molar-refractivity contribution in [1.82, 2.24) is 14.0 Å². The molecule has 0 aliphatic carbocycles. The lowest BCUT2D eigenvalue weighted by Crippen LogP contribution is -2.32. The van der Waals surface area contributed by atoms with E-state index in [9.17, 15) is 8.42 Å². The van der Waals surface area contributed by atoms with Crippen molar-refractivity contribution in [3.05, 3.63) is 12.5 Å². The van der Waals surface area contributed by atoms with Gasteiger partial charge < -0.3 is 4.84 Å². The summed E-state index contributed by atoms with van der Waals surface area (Å²) in [5.41, 5.74) is 0. The summed E-state index contributed by atoms with van der Waals surface area (Å²) in [5.74, 6) is 0.326. The Hall–Kier alpha value is -1.08. The molecule has 0 amide bonds. The molecule has 0 radical (unpaired) electrons. The lowest BCUT2D eigenvalue weighted by molar-refractivity contribution is -0.0755. The van der Waals surface area contributed by atoms with Crippen LogP contribution in [0.2, 0.25) is 0 Å². The van der Waals surface area contributed by atoms with Crippen LogP contribution < -0.4 is 4.84 Å². The van der Waals surface area contributed by atoms with Crippen molar-refractivity contribution in [2.45, 2.75) is 19.3 Å². The summed E-state index contributed by atoms with van der Waals surface area (Å²) >= 11 is 0. The minimum absolute atomic E-state index is 0.326. The molecule has 0 aromatic carbocycles. The van der Waals surface area contributed by atoms with Crippen molar-refractivity contribution < 1.29 is 13.3 Å². The molecule has 6 nitrogen and oxygen atoms in total. The van der Waals surface area contributed by atoms with Crippen LogP contribution in [0.4, 0.5) is 0 Å². The van der Waals surface area contributed by atoms with Crippen molar-refractivity contribution in [2.24, 2.45) is 0 Å². The molecule has 2 heterocycles. The molecular weight excluding hydrogens is 230 g/mol. The van der Waals surface area contributed by atoms with E-state index in [-0.39, 0.29) is 0 Å². The van der Waals surface area contributed by atoms with Gasteiger partial charge in [-0.3, -0.25) is 0 Å². The van der Waals surface area contributed by atoms with Crippen LogP contribution in [0.3, 0.4) is 0 Å². The Balaban J connectivity index is 2.02. The predicted octanol–water partition coefficient (Wildman–Crippen LogP) is 0.470. The summed E-state index contributed by atoms with van der Waals surface area (Å²) in [6.07, 6.45) is 7.18. The third kappa shape index (κ3) is 2.73. The number of piperidine rings is 1.